The van der Waals surface area contributed by atoms with Crippen molar-refractivity contribution in [1.29, 1.82) is 0 Å². The highest BCUT2D eigenvalue weighted by Crippen LogP contribution is 2.27. The normalized spacial score (nSPS) is 19.0. The van der Waals surface area contributed by atoms with Crippen LogP contribution in [0.5, 0.6) is 0 Å². The van der Waals surface area contributed by atoms with Gasteiger partial charge < -0.3 is 15.8 Å². The van der Waals surface area contributed by atoms with Crippen LogP contribution in [0, 0.1) is 5.92 Å². The average Bonchev–Trinajstić information content (AvgIpc) is 2.42. The third-order valence-corrected chi connectivity index (χ3v) is 3.55. The van der Waals surface area contributed by atoms with Gasteiger partial charge in [0.05, 0.1) is 0 Å². The van der Waals surface area contributed by atoms with Gasteiger partial charge >= 0.3 is 0 Å². The van der Waals surface area contributed by atoms with Crippen LogP contribution in [-0.2, 0) is 9.53 Å². The SMILES string of the molecule is COC(CC1CCCCC1)C(=O)NCC=CCN. The van der Waals surface area contributed by atoms with Gasteiger partial charge in [0.15, 0.2) is 0 Å². The Kier molecular flexibility index (Phi) is 7.69. The summed E-state index contributed by atoms with van der Waals surface area (Å²) in [6, 6.07) is 0. The number of carbonyl (C=O) groups excluding carboxylic acids is 1. The van der Waals surface area contributed by atoms with Crippen molar-refractivity contribution in [2.24, 2.45) is 11.7 Å². The predicted molar refractivity (Wildman–Crippen MR) is 73.2 cm³/mol. The van der Waals surface area contributed by atoms with Gasteiger partial charge in [-0.25, -0.2) is 0 Å². The molecule has 1 rings (SSSR count). The summed E-state index contributed by atoms with van der Waals surface area (Å²) in [4.78, 5) is 11.9. The van der Waals surface area contributed by atoms with E-state index in [0.717, 1.165) is 6.42 Å². The van der Waals surface area contributed by atoms with E-state index in [-0.39, 0.29) is 12.0 Å². The van der Waals surface area contributed by atoms with Crippen LogP contribution in [0.3, 0.4) is 0 Å². The van der Waals surface area contributed by atoms with Crippen LogP contribution in [0.4, 0.5) is 0 Å². The molecule has 0 spiro atoms. The molecule has 0 aromatic heterocycles. The molecule has 1 unspecified atom stereocenters. The van der Waals surface area contributed by atoms with E-state index < -0.39 is 0 Å². The Bertz CT molecular complexity index is 261. The minimum atomic E-state index is -0.306. The number of hydrogen-bond acceptors (Lipinski definition) is 3. The Balaban J connectivity index is 2.29. The van der Waals surface area contributed by atoms with E-state index in [1.165, 1.54) is 32.1 Å². The second kappa shape index (κ2) is 9.11. The van der Waals surface area contributed by atoms with E-state index >= 15 is 0 Å². The van der Waals surface area contributed by atoms with Gasteiger partial charge in [-0.2, -0.15) is 0 Å². The highest BCUT2D eigenvalue weighted by Gasteiger charge is 2.23. The summed E-state index contributed by atoms with van der Waals surface area (Å²) >= 11 is 0. The van der Waals surface area contributed by atoms with Gasteiger partial charge in [0.2, 0.25) is 5.91 Å². The Hall–Kier alpha value is -0.870. The molecule has 0 heterocycles. The molecule has 1 amide bonds. The molecule has 18 heavy (non-hydrogen) atoms. The monoisotopic (exact) mass is 254 g/mol. The predicted octanol–water partition coefficient (Wildman–Crippen LogP) is 1.60. The Labute approximate surface area is 110 Å². The van der Waals surface area contributed by atoms with Crippen molar-refractivity contribution in [2.45, 2.75) is 44.6 Å². The van der Waals surface area contributed by atoms with Crippen LogP contribution in [-0.4, -0.2) is 32.2 Å². The third-order valence-electron chi connectivity index (χ3n) is 3.55. The topological polar surface area (TPSA) is 64.3 Å². The summed E-state index contributed by atoms with van der Waals surface area (Å²) in [5, 5.41) is 2.85. The smallest absolute Gasteiger partial charge is 0.249 e. The fourth-order valence-corrected chi connectivity index (χ4v) is 2.49. The lowest BCUT2D eigenvalue weighted by atomic mass is 9.85. The Morgan fingerprint density at radius 2 is 2.11 bits per heavy atom. The summed E-state index contributed by atoms with van der Waals surface area (Å²) in [5.74, 6) is 0.638. The van der Waals surface area contributed by atoms with Crippen LogP contribution >= 0.6 is 0 Å². The first-order valence-electron chi connectivity index (χ1n) is 6.93. The van der Waals surface area contributed by atoms with Gasteiger partial charge in [-0.15, -0.1) is 0 Å². The molecule has 104 valence electrons. The maximum absolute atomic E-state index is 11.9. The molecule has 0 radical (unpaired) electrons. The summed E-state index contributed by atoms with van der Waals surface area (Å²) in [7, 11) is 1.61. The molecule has 0 aromatic carbocycles. The third kappa shape index (κ3) is 5.65. The molecule has 0 bridgehead atoms. The fraction of sp³-hybridized carbons (Fsp3) is 0.786. The Morgan fingerprint density at radius 3 is 2.72 bits per heavy atom. The average molecular weight is 254 g/mol. The lowest BCUT2D eigenvalue weighted by molar-refractivity contribution is -0.132. The van der Waals surface area contributed by atoms with E-state index in [1.54, 1.807) is 7.11 Å². The van der Waals surface area contributed by atoms with Gasteiger partial charge in [-0.1, -0.05) is 44.3 Å². The van der Waals surface area contributed by atoms with Gasteiger partial charge in [0.1, 0.15) is 6.10 Å². The maximum Gasteiger partial charge on any atom is 0.249 e. The molecule has 1 aliphatic rings. The largest absolute Gasteiger partial charge is 0.372 e. The van der Waals surface area contributed by atoms with Crippen LogP contribution in [0.25, 0.3) is 0 Å². The first-order valence-corrected chi connectivity index (χ1v) is 6.93. The van der Waals surface area contributed by atoms with E-state index in [2.05, 4.69) is 5.32 Å². The number of methoxy groups -OCH3 is 1. The van der Waals surface area contributed by atoms with Gasteiger partial charge in [0.25, 0.3) is 0 Å². The molecule has 4 heteroatoms. The van der Waals surface area contributed by atoms with Gasteiger partial charge in [-0.3, -0.25) is 4.79 Å². The lowest BCUT2D eigenvalue weighted by Gasteiger charge is -2.25. The molecule has 1 saturated carbocycles. The minimum Gasteiger partial charge on any atom is -0.372 e. The molecule has 1 atom stereocenters. The Morgan fingerprint density at radius 1 is 1.39 bits per heavy atom. The number of nitrogens with one attached hydrogen (secondary N) is 1. The van der Waals surface area contributed by atoms with E-state index in [0.29, 0.717) is 19.0 Å². The number of hydrogen-bond donors (Lipinski definition) is 2. The number of rotatable bonds is 7. The van der Waals surface area contributed by atoms with Crippen molar-refractivity contribution in [1.82, 2.24) is 5.32 Å². The summed E-state index contributed by atoms with van der Waals surface area (Å²) < 4.78 is 5.31. The first kappa shape index (κ1) is 15.2. The van der Waals surface area contributed by atoms with Crippen molar-refractivity contribution in [3.63, 3.8) is 0 Å². The molecular formula is C14H26N2O2. The van der Waals surface area contributed by atoms with Crippen molar-refractivity contribution in [3.8, 4) is 0 Å². The van der Waals surface area contributed by atoms with Gasteiger partial charge in [-0.05, 0) is 12.3 Å². The zero-order valence-corrected chi connectivity index (χ0v) is 11.4. The van der Waals surface area contributed by atoms with Crippen molar-refractivity contribution in [2.75, 3.05) is 20.2 Å². The standard InChI is InChI=1S/C14H26N2O2/c1-18-13(11-12-7-3-2-4-8-12)14(17)16-10-6-5-9-15/h5-6,12-13H,2-4,7-11,15H2,1H3,(H,16,17). The van der Waals surface area contributed by atoms with E-state index in [4.69, 9.17) is 10.5 Å². The van der Waals surface area contributed by atoms with E-state index in [1.807, 2.05) is 12.2 Å². The first-order chi connectivity index (χ1) is 8.77. The highest BCUT2D eigenvalue weighted by atomic mass is 16.5. The highest BCUT2D eigenvalue weighted by molar-refractivity contribution is 5.80. The number of nitrogens with two attached hydrogens (primary N) is 1. The van der Waals surface area contributed by atoms with Crippen molar-refractivity contribution >= 4 is 5.91 Å². The molecule has 4 nitrogen and oxygen atoms in total. The molecule has 0 aliphatic heterocycles. The van der Waals surface area contributed by atoms with Gasteiger partial charge in [0, 0.05) is 20.2 Å². The molecule has 0 aromatic rings. The van der Waals surface area contributed by atoms with Crippen LogP contribution in [0.2, 0.25) is 0 Å². The molecule has 0 saturated heterocycles. The van der Waals surface area contributed by atoms with Crippen LogP contribution in [0.15, 0.2) is 12.2 Å². The summed E-state index contributed by atoms with van der Waals surface area (Å²) in [6.45, 7) is 1.03. The second-order valence-corrected chi connectivity index (χ2v) is 4.92. The number of ether oxygens (including phenoxy) is 1. The van der Waals surface area contributed by atoms with Crippen molar-refractivity contribution < 1.29 is 9.53 Å². The summed E-state index contributed by atoms with van der Waals surface area (Å²) in [6.07, 6.45) is 10.6. The number of amides is 1. The molecule has 3 N–H and O–H groups in total. The van der Waals surface area contributed by atoms with Crippen LogP contribution in [0.1, 0.15) is 38.5 Å². The zero-order chi connectivity index (χ0) is 13.2. The number of carbonyl (C=O) groups is 1. The minimum absolute atomic E-state index is 0.00950. The molecule has 1 fully saturated rings. The van der Waals surface area contributed by atoms with E-state index in [9.17, 15) is 4.79 Å². The zero-order valence-electron chi connectivity index (χ0n) is 11.4. The second-order valence-electron chi connectivity index (χ2n) is 4.92. The summed E-state index contributed by atoms with van der Waals surface area (Å²) in [5.41, 5.74) is 5.33. The maximum atomic E-state index is 11.9. The van der Waals surface area contributed by atoms with Crippen LogP contribution < -0.4 is 11.1 Å². The quantitative estimate of drug-likeness (QED) is 0.678. The lowest BCUT2D eigenvalue weighted by Crippen LogP contribution is -2.37. The fourth-order valence-electron chi connectivity index (χ4n) is 2.49. The van der Waals surface area contributed by atoms with Crippen molar-refractivity contribution in [3.05, 3.63) is 12.2 Å². The molecular weight excluding hydrogens is 228 g/mol. The molecule has 1 aliphatic carbocycles.